The van der Waals surface area contributed by atoms with Crippen LogP contribution in [0, 0.1) is 6.92 Å². The van der Waals surface area contributed by atoms with Crippen molar-refractivity contribution in [2.45, 2.75) is 11.8 Å². The summed E-state index contributed by atoms with van der Waals surface area (Å²) >= 11 is 5.60. The third-order valence-corrected chi connectivity index (χ3v) is 3.69. The molecule has 0 amide bonds. The predicted molar refractivity (Wildman–Crippen MR) is 61.9 cm³/mol. The highest BCUT2D eigenvalue weighted by molar-refractivity contribution is 8.13. The van der Waals surface area contributed by atoms with Gasteiger partial charge >= 0.3 is 0 Å². The first kappa shape index (κ1) is 12.3. The molecule has 0 aliphatic heterocycles. The monoisotopic (exact) mass is 292 g/mol. The molecule has 2 heterocycles. The summed E-state index contributed by atoms with van der Waals surface area (Å²) in [6, 6.07) is 3.10. The van der Waals surface area contributed by atoms with E-state index in [1.165, 1.54) is 10.7 Å². The number of halogens is 2. The molecule has 9 heteroatoms. The van der Waals surface area contributed by atoms with Gasteiger partial charge in [0, 0.05) is 10.7 Å². The first-order valence-corrected chi connectivity index (χ1v) is 7.07. The van der Waals surface area contributed by atoms with E-state index in [2.05, 4.69) is 15.3 Å². The van der Waals surface area contributed by atoms with E-state index in [0.29, 0.717) is 11.5 Å². The molecule has 0 atom stereocenters. The molecule has 0 saturated carbocycles. The topological polar surface area (TPSA) is 77.7 Å². The molecule has 17 heavy (non-hydrogen) atoms. The van der Waals surface area contributed by atoms with Crippen molar-refractivity contribution in [1.82, 2.24) is 20.0 Å². The lowest BCUT2D eigenvalue weighted by atomic mass is 10.4. The van der Waals surface area contributed by atoms with E-state index in [4.69, 9.17) is 22.3 Å². The minimum Gasteiger partial charge on any atom is -0.217 e. The van der Waals surface area contributed by atoms with Crippen LogP contribution in [0.4, 0.5) is 0 Å². The second-order valence-corrected chi connectivity index (χ2v) is 6.08. The Balaban J connectivity index is 2.55. The zero-order valence-electron chi connectivity index (χ0n) is 8.50. The van der Waals surface area contributed by atoms with E-state index < -0.39 is 9.05 Å². The van der Waals surface area contributed by atoms with Crippen molar-refractivity contribution in [3.05, 3.63) is 29.2 Å². The van der Waals surface area contributed by atoms with Gasteiger partial charge < -0.3 is 0 Å². The molecule has 2 aromatic heterocycles. The maximum atomic E-state index is 11.2. The Hall–Kier alpha value is -1.18. The molecule has 0 aliphatic carbocycles. The molecule has 2 rings (SSSR count). The van der Waals surface area contributed by atoms with Crippen LogP contribution in [-0.2, 0) is 9.05 Å². The maximum Gasteiger partial charge on any atom is 0.264 e. The highest BCUT2D eigenvalue weighted by atomic mass is 35.7. The fourth-order valence-electron chi connectivity index (χ4n) is 1.29. The molecule has 0 unspecified atom stereocenters. The zero-order chi connectivity index (χ0) is 12.6. The third kappa shape index (κ3) is 2.41. The molecule has 2 aromatic rings. The Labute approximate surface area is 107 Å². The van der Waals surface area contributed by atoms with Crippen LogP contribution in [0.1, 0.15) is 5.69 Å². The van der Waals surface area contributed by atoms with Crippen LogP contribution in [-0.4, -0.2) is 28.4 Å². The number of hydrogen-bond donors (Lipinski definition) is 0. The third-order valence-electron chi connectivity index (χ3n) is 2.06. The Morgan fingerprint density at radius 1 is 1.29 bits per heavy atom. The smallest absolute Gasteiger partial charge is 0.217 e. The summed E-state index contributed by atoms with van der Waals surface area (Å²) in [7, 11) is 1.44. The molecular formula is C8H6Cl2N4O2S. The Bertz CT molecular complexity index is 651. The highest BCUT2D eigenvalue weighted by Gasteiger charge is 2.19. The number of rotatable bonds is 2. The second-order valence-electron chi connectivity index (χ2n) is 3.16. The average molecular weight is 293 g/mol. The van der Waals surface area contributed by atoms with Gasteiger partial charge in [-0.15, -0.1) is 10.2 Å². The Morgan fingerprint density at radius 2 is 2.00 bits per heavy atom. The summed E-state index contributed by atoms with van der Waals surface area (Å²) in [5.74, 6) is 0.360. The van der Waals surface area contributed by atoms with E-state index >= 15 is 0 Å². The van der Waals surface area contributed by atoms with Crippen LogP contribution in [0.2, 0.25) is 5.15 Å². The Morgan fingerprint density at radius 3 is 2.47 bits per heavy atom. The number of aromatic nitrogens is 4. The van der Waals surface area contributed by atoms with Crippen molar-refractivity contribution in [1.29, 1.82) is 0 Å². The highest BCUT2D eigenvalue weighted by Crippen LogP contribution is 2.20. The Kier molecular flexibility index (Phi) is 3.07. The van der Waals surface area contributed by atoms with E-state index in [-0.39, 0.29) is 10.0 Å². The normalized spacial score (nSPS) is 11.7. The molecule has 0 bridgehead atoms. The molecule has 0 saturated heterocycles. The molecule has 6 nitrogen and oxygen atoms in total. The summed E-state index contributed by atoms with van der Waals surface area (Å²) in [4.78, 5) is -0.0593. The summed E-state index contributed by atoms with van der Waals surface area (Å²) in [6.07, 6.45) is 1.16. The predicted octanol–water partition coefficient (Wildman–Crippen LogP) is 1.55. The van der Waals surface area contributed by atoms with Crippen molar-refractivity contribution in [2.24, 2.45) is 0 Å². The quantitative estimate of drug-likeness (QED) is 0.785. The van der Waals surface area contributed by atoms with Crippen LogP contribution in [0.15, 0.2) is 23.2 Å². The molecular weight excluding hydrogens is 287 g/mol. The SMILES string of the molecule is Cc1c(S(=O)(=O)Cl)cnn1-c1ccc(Cl)nn1. The molecule has 90 valence electrons. The molecule has 0 radical (unpaired) electrons. The molecule has 0 N–H and O–H groups in total. The summed E-state index contributed by atoms with van der Waals surface area (Å²) in [5.41, 5.74) is 0.358. The standard InChI is InChI=1S/C8H6Cl2N4O2S/c1-5-6(17(10,15)16)4-11-14(5)8-3-2-7(9)12-13-8/h2-4H,1H3. The first-order chi connectivity index (χ1) is 7.89. The summed E-state index contributed by atoms with van der Waals surface area (Å²) in [5, 5.41) is 11.6. The van der Waals surface area contributed by atoms with Crippen LogP contribution in [0.5, 0.6) is 0 Å². The van der Waals surface area contributed by atoms with Crippen LogP contribution in [0.3, 0.4) is 0 Å². The van der Waals surface area contributed by atoms with Gasteiger partial charge in [-0.05, 0) is 19.1 Å². The molecule has 0 aliphatic rings. The summed E-state index contributed by atoms with van der Waals surface area (Å²) < 4.78 is 23.7. The van der Waals surface area contributed by atoms with Crippen molar-refractivity contribution in [2.75, 3.05) is 0 Å². The van der Waals surface area contributed by atoms with E-state index in [1.54, 1.807) is 13.0 Å². The van der Waals surface area contributed by atoms with E-state index in [1.807, 2.05) is 0 Å². The van der Waals surface area contributed by atoms with Gasteiger partial charge in [-0.3, -0.25) is 0 Å². The molecule has 0 spiro atoms. The van der Waals surface area contributed by atoms with Crippen LogP contribution in [0.25, 0.3) is 5.82 Å². The lowest BCUT2D eigenvalue weighted by Gasteiger charge is -2.02. The van der Waals surface area contributed by atoms with E-state index in [0.717, 1.165) is 6.20 Å². The maximum absolute atomic E-state index is 11.2. The average Bonchev–Trinajstić information content (AvgIpc) is 2.61. The van der Waals surface area contributed by atoms with Gasteiger partial charge in [0.05, 0.1) is 11.9 Å². The van der Waals surface area contributed by atoms with Gasteiger partial charge in [0.2, 0.25) is 0 Å². The van der Waals surface area contributed by atoms with Crippen molar-refractivity contribution in [3.63, 3.8) is 0 Å². The van der Waals surface area contributed by atoms with Crippen molar-refractivity contribution < 1.29 is 8.42 Å². The second kappa shape index (κ2) is 4.25. The first-order valence-electron chi connectivity index (χ1n) is 4.38. The minimum atomic E-state index is -3.81. The van der Waals surface area contributed by atoms with E-state index in [9.17, 15) is 8.42 Å². The van der Waals surface area contributed by atoms with Gasteiger partial charge in [0.15, 0.2) is 11.0 Å². The fraction of sp³-hybridized carbons (Fsp3) is 0.125. The van der Waals surface area contributed by atoms with Gasteiger partial charge in [-0.1, -0.05) is 11.6 Å². The van der Waals surface area contributed by atoms with Crippen molar-refractivity contribution >= 4 is 31.3 Å². The van der Waals surface area contributed by atoms with Crippen molar-refractivity contribution in [3.8, 4) is 5.82 Å². The van der Waals surface area contributed by atoms with Gasteiger partial charge in [0.25, 0.3) is 9.05 Å². The number of hydrogen-bond acceptors (Lipinski definition) is 5. The fourth-order valence-corrected chi connectivity index (χ4v) is 2.45. The van der Waals surface area contributed by atoms with Gasteiger partial charge in [0.1, 0.15) is 4.90 Å². The molecule has 0 fully saturated rings. The van der Waals surface area contributed by atoms with Crippen LogP contribution < -0.4 is 0 Å². The lowest BCUT2D eigenvalue weighted by Crippen LogP contribution is -2.03. The van der Waals surface area contributed by atoms with Gasteiger partial charge in [-0.2, -0.15) is 5.10 Å². The number of nitrogens with zero attached hydrogens (tertiary/aromatic N) is 4. The summed E-state index contributed by atoms with van der Waals surface area (Å²) in [6.45, 7) is 1.57. The lowest BCUT2D eigenvalue weighted by molar-refractivity contribution is 0.609. The largest absolute Gasteiger partial charge is 0.264 e. The zero-order valence-corrected chi connectivity index (χ0v) is 10.8. The van der Waals surface area contributed by atoms with Gasteiger partial charge in [-0.25, -0.2) is 13.1 Å². The molecule has 0 aromatic carbocycles. The minimum absolute atomic E-state index is 0.0593. The van der Waals surface area contributed by atoms with Crippen LogP contribution >= 0.6 is 22.3 Å².